The third kappa shape index (κ3) is 2.48. The lowest BCUT2D eigenvalue weighted by Crippen LogP contribution is -1.74. The summed E-state index contributed by atoms with van der Waals surface area (Å²) < 4.78 is 5.59. The highest BCUT2D eigenvalue weighted by molar-refractivity contribution is 6.19. The predicted octanol–water partition coefficient (Wildman–Crippen LogP) is 3.59. The minimum Gasteiger partial charge on any atom is -0.457 e. The Kier molecular flexibility index (Phi) is 3.20. The van der Waals surface area contributed by atoms with E-state index >= 15 is 0 Å². The number of aromatic nitrogens is 1. The molecule has 2 heterocycles. The van der Waals surface area contributed by atoms with E-state index in [0.29, 0.717) is 5.88 Å². The van der Waals surface area contributed by atoms with Gasteiger partial charge in [0.1, 0.15) is 11.5 Å². The van der Waals surface area contributed by atoms with Crippen molar-refractivity contribution in [3.8, 4) is 11.3 Å². The molecule has 0 spiro atoms. The third-order valence-corrected chi connectivity index (χ3v) is 2.12. The molecule has 0 fully saturated rings. The molecule has 15 heavy (non-hydrogen) atoms. The van der Waals surface area contributed by atoms with E-state index in [2.05, 4.69) is 4.98 Å². The van der Waals surface area contributed by atoms with Crippen LogP contribution in [0.15, 0.2) is 47.2 Å². The molecule has 0 saturated carbocycles. The largest absolute Gasteiger partial charge is 0.457 e. The second-order valence-corrected chi connectivity index (χ2v) is 3.31. The van der Waals surface area contributed by atoms with Gasteiger partial charge in [0.25, 0.3) is 0 Å². The molecule has 0 aliphatic heterocycles. The number of hydrogen-bond acceptors (Lipinski definition) is 2. The number of pyridine rings is 1. The number of nitrogens with zero attached hydrogens (tertiary/aromatic N) is 1. The molecular weight excluding hydrogens is 210 g/mol. The summed E-state index contributed by atoms with van der Waals surface area (Å²) in [5.41, 5.74) is 0.975. The zero-order chi connectivity index (χ0) is 10.5. The number of rotatable bonds is 3. The van der Waals surface area contributed by atoms with Crippen molar-refractivity contribution in [1.29, 1.82) is 0 Å². The molecule has 0 unspecified atom stereocenters. The summed E-state index contributed by atoms with van der Waals surface area (Å²) in [6.07, 6.45) is 7.20. The summed E-state index contributed by atoms with van der Waals surface area (Å²) in [5, 5.41) is 0. The Morgan fingerprint density at radius 1 is 1.33 bits per heavy atom. The monoisotopic (exact) mass is 219 g/mol. The van der Waals surface area contributed by atoms with Gasteiger partial charge in [0.2, 0.25) is 0 Å². The van der Waals surface area contributed by atoms with Gasteiger partial charge >= 0.3 is 0 Å². The van der Waals surface area contributed by atoms with Crippen LogP contribution in [0.5, 0.6) is 0 Å². The smallest absolute Gasteiger partial charge is 0.136 e. The Labute approximate surface area is 93.2 Å². The standard InChI is InChI=1S/C12H10ClNO/c13-7-1-4-11-5-6-12(15-11)10-3-2-8-14-9-10/h1-6,8-9H,7H2. The van der Waals surface area contributed by atoms with Gasteiger partial charge in [-0.1, -0.05) is 6.08 Å². The van der Waals surface area contributed by atoms with Crippen LogP contribution in [0.2, 0.25) is 0 Å². The number of halogens is 1. The third-order valence-electron chi connectivity index (χ3n) is 1.94. The van der Waals surface area contributed by atoms with Crippen LogP contribution in [0.3, 0.4) is 0 Å². The van der Waals surface area contributed by atoms with Gasteiger partial charge in [0.15, 0.2) is 0 Å². The minimum absolute atomic E-state index is 0.489. The van der Waals surface area contributed by atoms with Gasteiger partial charge < -0.3 is 4.42 Å². The first-order valence-corrected chi connectivity index (χ1v) is 5.16. The molecule has 3 heteroatoms. The van der Waals surface area contributed by atoms with E-state index in [1.54, 1.807) is 12.4 Å². The van der Waals surface area contributed by atoms with E-state index in [0.717, 1.165) is 17.1 Å². The van der Waals surface area contributed by atoms with Crippen molar-refractivity contribution < 1.29 is 4.42 Å². The van der Waals surface area contributed by atoms with Crippen LogP contribution in [-0.2, 0) is 0 Å². The van der Waals surface area contributed by atoms with Crippen LogP contribution < -0.4 is 0 Å². The summed E-state index contributed by atoms with van der Waals surface area (Å²) in [4.78, 5) is 4.03. The molecule has 2 nitrogen and oxygen atoms in total. The molecule has 0 radical (unpaired) electrons. The topological polar surface area (TPSA) is 26.0 Å². The second-order valence-electron chi connectivity index (χ2n) is 3.00. The van der Waals surface area contributed by atoms with Gasteiger partial charge in [-0.05, 0) is 30.3 Å². The van der Waals surface area contributed by atoms with E-state index in [4.69, 9.17) is 16.0 Å². The lowest BCUT2D eigenvalue weighted by molar-refractivity contribution is 0.571. The van der Waals surface area contributed by atoms with Crippen LogP contribution in [0, 0.1) is 0 Å². The van der Waals surface area contributed by atoms with Gasteiger partial charge in [-0.3, -0.25) is 4.98 Å². The zero-order valence-electron chi connectivity index (χ0n) is 8.06. The Bertz CT molecular complexity index is 448. The van der Waals surface area contributed by atoms with Gasteiger partial charge in [0.05, 0.1) is 0 Å². The van der Waals surface area contributed by atoms with Crippen molar-refractivity contribution in [2.24, 2.45) is 0 Å². The molecule has 0 atom stereocenters. The van der Waals surface area contributed by atoms with Crippen molar-refractivity contribution in [2.75, 3.05) is 5.88 Å². The highest BCUT2D eigenvalue weighted by Crippen LogP contribution is 2.21. The van der Waals surface area contributed by atoms with Crippen molar-refractivity contribution in [3.05, 3.63) is 48.5 Å². The number of alkyl halides is 1. The number of furan rings is 1. The van der Waals surface area contributed by atoms with Crippen molar-refractivity contribution in [2.45, 2.75) is 0 Å². The van der Waals surface area contributed by atoms with Crippen molar-refractivity contribution in [3.63, 3.8) is 0 Å². The van der Waals surface area contributed by atoms with E-state index < -0.39 is 0 Å². The summed E-state index contributed by atoms with van der Waals surface area (Å²) >= 11 is 5.54. The van der Waals surface area contributed by atoms with E-state index in [1.807, 2.05) is 36.4 Å². The fourth-order valence-corrected chi connectivity index (χ4v) is 1.36. The van der Waals surface area contributed by atoms with Crippen molar-refractivity contribution >= 4 is 17.7 Å². The molecule has 2 aromatic rings. The maximum Gasteiger partial charge on any atom is 0.136 e. The molecular formula is C12H10ClNO. The lowest BCUT2D eigenvalue weighted by atomic mass is 10.2. The summed E-state index contributed by atoms with van der Waals surface area (Å²) in [5.74, 6) is 2.11. The van der Waals surface area contributed by atoms with Gasteiger partial charge in [0, 0.05) is 23.8 Å². The van der Waals surface area contributed by atoms with Gasteiger partial charge in [-0.2, -0.15) is 0 Å². The van der Waals surface area contributed by atoms with Crippen LogP contribution in [0.4, 0.5) is 0 Å². The first-order valence-electron chi connectivity index (χ1n) is 4.63. The highest BCUT2D eigenvalue weighted by Gasteiger charge is 2.01. The Balaban J connectivity index is 2.24. The Hall–Kier alpha value is -1.54. The molecule has 0 aliphatic carbocycles. The molecule has 2 aromatic heterocycles. The Morgan fingerprint density at radius 3 is 3.00 bits per heavy atom. The maximum absolute atomic E-state index is 5.59. The molecule has 0 N–H and O–H groups in total. The quantitative estimate of drug-likeness (QED) is 0.738. The fraction of sp³-hybridized carbons (Fsp3) is 0.0833. The van der Waals surface area contributed by atoms with Gasteiger partial charge in [-0.15, -0.1) is 11.6 Å². The summed E-state index contributed by atoms with van der Waals surface area (Å²) in [7, 11) is 0. The normalized spacial score (nSPS) is 11.0. The first kappa shape index (κ1) is 9.99. The highest BCUT2D eigenvalue weighted by atomic mass is 35.5. The van der Waals surface area contributed by atoms with E-state index in [-0.39, 0.29) is 0 Å². The van der Waals surface area contributed by atoms with Crippen molar-refractivity contribution in [1.82, 2.24) is 4.98 Å². The van der Waals surface area contributed by atoms with E-state index in [1.165, 1.54) is 0 Å². The SMILES string of the molecule is ClCC=Cc1ccc(-c2cccnc2)o1. The van der Waals surface area contributed by atoms with E-state index in [9.17, 15) is 0 Å². The average Bonchev–Trinajstić information content (AvgIpc) is 2.76. The molecule has 0 saturated heterocycles. The molecule has 0 aromatic carbocycles. The fourth-order valence-electron chi connectivity index (χ4n) is 1.27. The molecule has 2 rings (SSSR count). The maximum atomic E-state index is 5.59. The van der Waals surface area contributed by atoms with Crippen LogP contribution in [0.25, 0.3) is 17.4 Å². The molecule has 76 valence electrons. The molecule has 0 bridgehead atoms. The molecule has 0 aliphatic rings. The Morgan fingerprint density at radius 2 is 2.27 bits per heavy atom. The summed E-state index contributed by atoms with van der Waals surface area (Å²) in [6.45, 7) is 0. The van der Waals surface area contributed by atoms with Crippen LogP contribution in [0.1, 0.15) is 5.76 Å². The lowest BCUT2D eigenvalue weighted by Gasteiger charge is -1.93. The zero-order valence-corrected chi connectivity index (χ0v) is 8.82. The number of hydrogen-bond donors (Lipinski definition) is 0. The van der Waals surface area contributed by atoms with Crippen LogP contribution >= 0.6 is 11.6 Å². The summed E-state index contributed by atoms with van der Waals surface area (Å²) in [6, 6.07) is 7.67. The number of allylic oxidation sites excluding steroid dienone is 1. The predicted molar refractivity (Wildman–Crippen MR) is 61.7 cm³/mol. The van der Waals surface area contributed by atoms with Gasteiger partial charge in [-0.25, -0.2) is 0 Å². The van der Waals surface area contributed by atoms with Crippen LogP contribution in [-0.4, -0.2) is 10.9 Å². The first-order chi connectivity index (χ1) is 7.40. The average molecular weight is 220 g/mol. The minimum atomic E-state index is 0.489. The molecule has 0 amide bonds. The second kappa shape index (κ2) is 4.80.